The summed E-state index contributed by atoms with van der Waals surface area (Å²) in [7, 11) is 1.24. The Bertz CT molecular complexity index is 415. The van der Waals surface area contributed by atoms with Crippen molar-refractivity contribution in [2.24, 2.45) is 0 Å². The highest BCUT2D eigenvalue weighted by atomic mass is 79.9. The highest BCUT2D eigenvalue weighted by molar-refractivity contribution is 9.10. The number of ether oxygens (including phenoxy) is 1. The Balaban J connectivity index is 3.05. The van der Waals surface area contributed by atoms with E-state index in [1.165, 1.54) is 11.8 Å². The molecule has 0 amide bonds. The van der Waals surface area contributed by atoms with Gasteiger partial charge in [-0.3, -0.25) is 0 Å². The number of carbonyl (C=O) groups excluding carboxylic acids is 1. The molecule has 0 radical (unpaired) electrons. The molecule has 0 saturated heterocycles. The molecule has 15 heavy (non-hydrogen) atoms. The number of rotatable bonds is 3. The molecular formula is C7H8BrN3O4. The zero-order valence-electron chi connectivity index (χ0n) is 8.06. The summed E-state index contributed by atoms with van der Waals surface area (Å²) in [5.74, 6) is -0.820. The number of aromatic nitrogens is 2. The van der Waals surface area contributed by atoms with Crippen LogP contribution in [-0.2, 0) is 16.1 Å². The Morgan fingerprint density at radius 3 is 2.73 bits per heavy atom. The second-order valence-corrected chi connectivity index (χ2v) is 3.51. The highest BCUT2D eigenvalue weighted by Gasteiger charge is 2.24. The van der Waals surface area contributed by atoms with Crippen molar-refractivity contribution < 1.29 is 14.5 Å². The molecule has 0 fully saturated rings. The van der Waals surface area contributed by atoms with Crippen molar-refractivity contribution in [2.75, 3.05) is 7.11 Å². The number of hydrogen-bond acceptors (Lipinski definition) is 5. The van der Waals surface area contributed by atoms with Gasteiger partial charge in [0.05, 0.1) is 17.9 Å². The molecule has 0 spiro atoms. The Kier molecular flexibility index (Phi) is 3.40. The van der Waals surface area contributed by atoms with Gasteiger partial charge in [-0.15, -0.1) is 0 Å². The minimum absolute atomic E-state index is 0.144. The average molecular weight is 278 g/mol. The van der Waals surface area contributed by atoms with E-state index in [-0.39, 0.29) is 16.8 Å². The van der Waals surface area contributed by atoms with E-state index in [4.69, 9.17) is 0 Å². The fourth-order valence-electron chi connectivity index (χ4n) is 0.966. The SMILES string of the molecule is COC(=O)Cn1nc([N+](=O)[O-])c(Br)c1C. The number of methoxy groups -OCH3 is 1. The molecule has 0 atom stereocenters. The minimum Gasteiger partial charge on any atom is -0.468 e. The summed E-state index contributed by atoms with van der Waals surface area (Å²) in [5.41, 5.74) is 0.507. The van der Waals surface area contributed by atoms with Gasteiger partial charge in [0.15, 0.2) is 6.54 Å². The summed E-state index contributed by atoms with van der Waals surface area (Å²) >= 11 is 3.04. The largest absolute Gasteiger partial charge is 0.468 e. The molecule has 1 aromatic rings. The van der Waals surface area contributed by atoms with E-state index >= 15 is 0 Å². The summed E-state index contributed by atoms with van der Waals surface area (Å²) < 4.78 is 5.92. The van der Waals surface area contributed by atoms with Crippen LogP contribution < -0.4 is 0 Å². The third kappa shape index (κ3) is 2.32. The Labute approximate surface area is 93.3 Å². The first-order valence-electron chi connectivity index (χ1n) is 3.91. The second kappa shape index (κ2) is 4.39. The van der Waals surface area contributed by atoms with Crippen LogP contribution in [0, 0.1) is 17.0 Å². The monoisotopic (exact) mass is 277 g/mol. The lowest BCUT2D eigenvalue weighted by Crippen LogP contribution is -2.13. The Morgan fingerprint density at radius 1 is 1.73 bits per heavy atom. The van der Waals surface area contributed by atoms with E-state index in [1.807, 2.05) is 0 Å². The number of esters is 1. The van der Waals surface area contributed by atoms with E-state index in [1.54, 1.807) is 6.92 Å². The van der Waals surface area contributed by atoms with Crippen LogP contribution in [0.3, 0.4) is 0 Å². The van der Waals surface area contributed by atoms with Crippen molar-refractivity contribution in [1.29, 1.82) is 0 Å². The van der Waals surface area contributed by atoms with E-state index in [2.05, 4.69) is 25.8 Å². The molecule has 0 aromatic carbocycles. The molecule has 0 saturated carbocycles. The van der Waals surface area contributed by atoms with Crippen molar-refractivity contribution in [3.8, 4) is 0 Å². The number of halogens is 1. The molecule has 82 valence electrons. The van der Waals surface area contributed by atoms with Gasteiger partial charge >= 0.3 is 11.8 Å². The van der Waals surface area contributed by atoms with Crippen molar-refractivity contribution in [1.82, 2.24) is 9.78 Å². The van der Waals surface area contributed by atoms with Gasteiger partial charge in [-0.05, 0) is 27.8 Å². The first-order valence-corrected chi connectivity index (χ1v) is 4.70. The van der Waals surface area contributed by atoms with Gasteiger partial charge in [-0.25, -0.2) is 4.79 Å². The maximum absolute atomic E-state index is 11.0. The molecule has 0 N–H and O–H groups in total. The first kappa shape index (κ1) is 11.6. The predicted octanol–water partition coefficient (Wildman–Crippen LogP) is 1.04. The van der Waals surface area contributed by atoms with Crippen LogP contribution in [0.25, 0.3) is 0 Å². The number of nitrogens with zero attached hydrogens (tertiary/aromatic N) is 3. The van der Waals surface area contributed by atoms with Crippen LogP contribution in [0.5, 0.6) is 0 Å². The van der Waals surface area contributed by atoms with Crippen LogP contribution in [0.2, 0.25) is 0 Å². The molecule has 1 aromatic heterocycles. The second-order valence-electron chi connectivity index (χ2n) is 2.71. The minimum atomic E-state index is -0.620. The van der Waals surface area contributed by atoms with Crippen LogP contribution in [0.15, 0.2) is 4.47 Å². The lowest BCUT2D eigenvalue weighted by molar-refractivity contribution is -0.390. The van der Waals surface area contributed by atoms with Crippen LogP contribution in [0.1, 0.15) is 5.69 Å². The van der Waals surface area contributed by atoms with E-state index in [0.717, 1.165) is 0 Å². The van der Waals surface area contributed by atoms with Gasteiger partial charge < -0.3 is 14.9 Å². The molecule has 0 aliphatic rings. The molecular weight excluding hydrogens is 270 g/mol. The molecule has 0 unspecified atom stereocenters. The average Bonchev–Trinajstić information content (AvgIpc) is 2.46. The molecule has 7 nitrogen and oxygen atoms in total. The molecule has 0 aliphatic carbocycles. The Morgan fingerprint density at radius 2 is 2.33 bits per heavy atom. The fraction of sp³-hybridized carbons (Fsp3) is 0.429. The van der Waals surface area contributed by atoms with E-state index in [0.29, 0.717) is 5.69 Å². The van der Waals surface area contributed by atoms with Gasteiger partial charge in [-0.2, -0.15) is 4.68 Å². The molecule has 0 aliphatic heterocycles. The third-order valence-corrected chi connectivity index (χ3v) is 2.72. The Hall–Kier alpha value is -1.44. The van der Waals surface area contributed by atoms with Crippen molar-refractivity contribution in [3.05, 3.63) is 20.3 Å². The van der Waals surface area contributed by atoms with Crippen LogP contribution >= 0.6 is 15.9 Å². The summed E-state index contributed by atoms with van der Waals surface area (Å²) in [5, 5.41) is 14.2. The zero-order valence-corrected chi connectivity index (χ0v) is 9.65. The van der Waals surface area contributed by atoms with Crippen molar-refractivity contribution >= 4 is 27.7 Å². The highest BCUT2D eigenvalue weighted by Crippen LogP contribution is 2.26. The van der Waals surface area contributed by atoms with Gasteiger partial charge in [0.1, 0.15) is 4.47 Å². The third-order valence-electron chi connectivity index (χ3n) is 1.80. The topological polar surface area (TPSA) is 87.3 Å². The van der Waals surface area contributed by atoms with Gasteiger partial charge in [-0.1, -0.05) is 0 Å². The maximum Gasteiger partial charge on any atom is 0.404 e. The smallest absolute Gasteiger partial charge is 0.404 e. The number of carbonyl (C=O) groups is 1. The summed E-state index contributed by atoms with van der Waals surface area (Å²) in [6.07, 6.45) is 0. The molecule has 0 bridgehead atoms. The van der Waals surface area contributed by atoms with Gasteiger partial charge in [0.2, 0.25) is 0 Å². The maximum atomic E-state index is 11.0. The summed E-state index contributed by atoms with van der Waals surface area (Å²) in [4.78, 5) is 20.9. The summed E-state index contributed by atoms with van der Waals surface area (Å²) in [6, 6.07) is 0. The number of hydrogen-bond donors (Lipinski definition) is 0. The van der Waals surface area contributed by atoms with E-state index in [9.17, 15) is 14.9 Å². The van der Waals surface area contributed by atoms with E-state index < -0.39 is 10.9 Å². The lowest BCUT2D eigenvalue weighted by Gasteiger charge is -1.97. The van der Waals surface area contributed by atoms with Crippen LogP contribution in [0.4, 0.5) is 5.82 Å². The first-order chi connectivity index (χ1) is 6.97. The molecule has 1 rings (SSSR count). The van der Waals surface area contributed by atoms with Gasteiger partial charge in [0.25, 0.3) is 0 Å². The summed E-state index contributed by atoms with van der Waals surface area (Å²) in [6.45, 7) is 1.47. The van der Waals surface area contributed by atoms with Crippen molar-refractivity contribution in [3.63, 3.8) is 0 Å². The zero-order chi connectivity index (χ0) is 11.6. The lowest BCUT2D eigenvalue weighted by atomic mass is 10.4. The fourth-order valence-corrected chi connectivity index (χ4v) is 1.39. The normalized spacial score (nSPS) is 10.1. The standard InChI is InChI=1S/C7H8BrN3O4/c1-4-6(8)7(11(13)14)9-10(4)3-5(12)15-2/h3H2,1-2H3. The predicted molar refractivity (Wildman–Crippen MR) is 53.3 cm³/mol. The quantitative estimate of drug-likeness (QED) is 0.468. The van der Waals surface area contributed by atoms with Crippen LogP contribution in [-0.4, -0.2) is 27.8 Å². The number of nitro groups is 1. The molecule has 1 heterocycles. The van der Waals surface area contributed by atoms with Gasteiger partial charge in [0, 0.05) is 0 Å². The van der Waals surface area contributed by atoms with Crippen molar-refractivity contribution in [2.45, 2.75) is 13.5 Å². The molecule has 8 heteroatoms.